The number of hydrogen-bond acceptors (Lipinski definition) is 7. The van der Waals surface area contributed by atoms with E-state index in [2.05, 4.69) is 4.74 Å². The molecule has 0 spiro atoms. The molecule has 0 bridgehead atoms. The van der Waals surface area contributed by atoms with Crippen molar-refractivity contribution in [3.05, 3.63) is 37.5 Å². The van der Waals surface area contributed by atoms with Gasteiger partial charge >= 0.3 is 5.97 Å². The quantitative estimate of drug-likeness (QED) is 0.384. The molecule has 0 aliphatic heterocycles. The van der Waals surface area contributed by atoms with E-state index in [1.165, 1.54) is 7.11 Å². The van der Waals surface area contributed by atoms with Crippen molar-refractivity contribution in [2.24, 2.45) is 0 Å². The second-order valence-corrected chi connectivity index (χ2v) is 6.17. The number of carbonyl (C=O) groups is 1. The molecule has 7 nitrogen and oxygen atoms in total. The van der Waals surface area contributed by atoms with Crippen LogP contribution in [0, 0.1) is 6.92 Å². The van der Waals surface area contributed by atoms with Gasteiger partial charge in [-0.05, 0) is 18.6 Å². The topological polar surface area (TPSA) is 106 Å². The summed E-state index contributed by atoms with van der Waals surface area (Å²) in [6.07, 6.45) is 0. The molecule has 1 heterocycles. The molecule has 26 heavy (non-hydrogen) atoms. The molecule has 0 aliphatic rings. The van der Waals surface area contributed by atoms with E-state index in [1.54, 1.807) is 6.92 Å². The Kier molecular flexibility index (Phi) is 4.37. The zero-order valence-electron chi connectivity index (χ0n) is 13.8. The van der Waals surface area contributed by atoms with Crippen molar-refractivity contribution in [2.45, 2.75) is 6.92 Å². The summed E-state index contributed by atoms with van der Waals surface area (Å²) in [6.45, 7) is 1.60. The Hall–Kier alpha value is -2.64. The number of phenols is 2. The molecule has 3 aromatic rings. The lowest BCUT2D eigenvalue weighted by Gasteiger charge is -2.14. The highest BCUT2D eigenvalue weighted by Crippen LogP contribution is 2.44. The van der Waals surface area contributed by atoms with E-state index in [0.29, 0.717) is 5.56 Å². The summed E-state index contributed by atoms with van der Waals surface area (Å²) < 4.78 is 15.5. The van der Waals surface area contributed by atoms with Crippen molar-refractivity contribution in [1.29, 1.82) is 0 Å². The van der Waals surface area contributed by atoms with Crippen LogP contribution in [0.5, 0.6) is 17.2 Å². The number of benzene rings is 2. The second-order valence-electron chi connectivity index (χ2n) is 5.41. The van der Waals surface area contributed by atoms with E-state index in [1.807, 2.05) is 0 Å². The molecule has 0 atom stereocenters. The number of esters is 1. The van der Waals surface area contributed by atoms with Crippen LogP contribution < -0.4 is 10.2 Å². The maximum absolute atomic E-state index is 13.1. The van der Waals surface area contributed by atoms with Crippen LogP contribution in [0.3, 0.4) is 0 Å². The molecule has 9 heteroatoms. The van der Waals surface area contributed by atoms with Gasteiger partial charge in [0.15, 0.2) is 22.7 Å². The van der Waals surface area contributed by atoms with E-state index in [0.717, 1.165) is 13.2 Å². The van der Waals surface area contributed by atoms with Crippen LogP contribution in [0.2, 0.25) is 10.0 Å². The third kappa shape index (κ3) is 2.35. The van der Waals surface area contributed by atoms with Gasteiger partial charge in [-0.2, -0.15) is 0 Å². The number of carbonyl (C=O) groups excluding carboxylic acids is 1. The standard InChI is InChI=1S/C17H12Cl2O7/c1-5-10(18)14(24-2)9-13(22)8-6(17(23)25-3)4-7(20)12(21)16(8)26-15(9)11(5)19/h4,20-21H,1-3H3. The van der Waals surface area contributed by atoms with Gasteiger partial charge in [0, 0.05) is 0 Å². The lowest BCUT2D eigenvalue weighted by atomic mass is 10.0. The van der Waals surface area contributed by atoms with Gasteiger partial charge in [-0.3, -0.25) is 4.79 Å². The van der Waals surface area contributed by atoms with Crippen molar-refractivity contribution in [3.8, 4) is 17.2 Å². The molecule has 1 aromatic heterocycles. The summed E-state index contributed by atoms with van der Waals surface area (Å²) in [5, 5.41) is 19.7. The lowest BCUT2D eigenvalue weighted by molar-refractivity contribution is 0.0602. The highest BCUT2D eigenvalue weighted by molar-refractivity contribution is 6.41. The number of phenolic OH excluding ortho intramolecular Hbond substituents is 2. The van der Waals surface area contributed by atoms with Gasteiger partial charge in [-0.15, -0.1) is 0 Å². The first-order valence-electron chi connectivity index (χ1n) is 7.19. The molecule has 0 aliphatic carbocycles. The Bertz CT molecular complexity index is 1150. The zero-order chi connectivity index (χ0) is 19.3. The predicted octanol–water partition coefficient (Wildman–Crippen LogP) is 3.77. The van der Waals surface area contributed by atoms with E-state index in [4.69, 9.17) is 32.4 Å². The van der Waals surface area contributed by atoms with E-state index >= 15 is 0 Å². The summed E-state index contributed by atoms with van der Waals surface area (Å²) in [6, 6.07) is 0.913. The van der Waals surface area contributed by atoms with E-state index in [-0.39, 0.29) is 37.7 Å². The Morgan fingerprint density at radius 1 is 1.12 bits per heavy atom. The van der Waals surface area contributed by atoms with Gasteiger partial charge in [0.25, 0.3) is 0 Å². The van der Waals surface area contributed by atoms with Crippen LogP contribution in [0.4, 0.5) is 0 Å². The Morgan fingerprint density at radius 2 is 1.77 bits per heavy atom. The van der Waals surface area contributed by atoms with Crippen LogP contribution in [-0.2, 0) is 4.74 Å². The average Bonchev–Trinajstić information content (AvgIpc) is 2.63. The maximum atomic E-state index is 13.1. The number of methoxy groups -OCH3 is 2. The SMILES string of the molecule is COC(=O)c1cc(O)c(O)c2oc3c(Cl)c(C)c(Cl)c(OC)c3c(=O)c12. The minimum Gasteiger partial charge on any atom is -0.504 e. The molecule has 0 fully saturated rings. The van der Waals surface area contributed by atoms with Crippen molar-refractivity contribution in [2.75, 3.05) is 14.2 Å². The number of ether oxygens (including phenoxy) is 2. The molecule has 0 amide bonds. The number of rotatable bonds is 2. The third-order valence-corrected chi connectivity index (χ3v) is 4.92. The molecule has 0 saturated carbocycles. The summed E-state index contributed by atoms with van der Waals surface area (Å²) in [5.74, 6) is -2.26. The Labute approximate surface area is 156 Å². The smallest absolute Gasteiger partial charge is 0.338 e. The molecular formula is C17H12Cl2O7. The molecule has 0 radical (unpaired) electrons. The van der Waals surface area contributed by atoms with Crippen molar-refractivity contribution < 1.29 is 28.9 Å². The minimum absolute atomic E-state index is 0.0163. The number of hydrogen-bond donors (Lipinski definition) is 2. The normalized spacial score (nSPS) is 11.1. The van der Waals surface area contributed by atoms with Gasteiger partial charge < -0.3 is 24.1 Å². The fourth-order valence-corrected chi connectivity index (χ4v) is 3.25. The number of halogens is 2. The van der Waals surface area contributed by atoms with Crippen LogP contribution in [0.1, 0.15) is 15.9 Å². The molecular weight excluding hydrogens is 387 g/mol. The lowest BCUT2D eigenvalue weighted by Crippen LogP contribution is -2.12. The van der Waals surface area contributed by atoms with Gasteiger partial charge in [0.2, 0.25) is 11.2 Å². The highest BCUT2D eigenvalue weighted by atomic mass is 35.5. The summed E-state index contributed by atoms with van der Waals surface area (Å²) in [5.41, 5.74) is -1.12. The molecule has 2 N–H and O–H groups in total. The van der Waals surface area contributed by atoms with Gasteiger partial charge in [-0.25, -0.2) is 4.79 Å². The summed E-state index contributed by atoms with van der Waals surface area (Å²) >= 11 is 12.5. The maximum Gasteiger partial charge on any atom is 0.338 e. The molecule has 0 saturated heterocycles. The largest absolute Gasteiger partial charge is 0.504 e. The van der Waals surface area contributed by atoms with Crippen molar-refractivity contribution in [1.82, 2.24) is 0 Å². The molecule has 136 valence electrons. The number of aromatic hydroxyl groups is 2. The zero-order valence-corrected chi connectivity index (χ0v) is 15.3. The highest BCUT2D eigenvalue weighted by Gasteiger charge is 2.27. The van der Waals surface area contributed by atoms with E-state index in [9.17, 15) is 19.8 Å². The van der Waals surface area contributed by atoms with Gasteiger partial charge in [-0.1, -0.05) is 23.2 Å². The summed E-state index contributed by atoms with van der Waals surface area (Å²) in [4.78, 5) is 25.2. The summed E-state index contributed by atoms with van der Waals surface area (Å²) in [7, 11) is 2.42. The van der Waals surface area contributed by atoms with Crippen LogP contribution in [0.25, 0.3) is 21.9 Å². The first kappa shape index (κ1) is 18.2. The predicted molar refractivity (Wildman–Crippen MR) is 96.0 cm³/mol. The molecule has 0 unspecified atom stereocenters. The second kappa shape index (κ2) is 6.26. The van der Waals surface area contributed by atoms with Crippen LogP contribution in [0.15, 0.2) is 15.3 Å². The fraction of sp³-hybridized carbons (Fsp3) is 0.176. The van der Waals surface area contributed by atoms with Crippen LogP contribution in [-0.4, -0.2) is 30.4 Å². The van der Waals surface area contributed by atoms with Crippen molar-refractivity contribution in [3.63, 3.8) is 0 Å². The van der Waals surface area contributed by atoms with Gasteiger partial charge in [0.05, 0.1) is 35.2 Å². The van der Waals surface area contributed by atoms with Gasteiger partial charge in [0.1, 0.15) is 5.39 Å². The van der Waals surface area contributed by atoms with E-state index < -0.39 is 28.5 Å². The van der Waals surface area contributed by atoms with Crippen molar-refractivity contribution >= 4 is 51.1 Å². The number of fused-ring (bicyclic) bond motifs is 2. The Balaban J connectivity index is 2.71. The Morgan fingerprint density at radius 3 is 2.35 bits per heavy atom. The first-order valence-corrected chi connectivity index (χ1v) is 7.95. The third-order valence-electron chi connectivity index (χ3n) is 4.01. The first-order chi connectivity index (χ1) is 12.2. The molecule has 3 rings (SSSR count). The average molecular weight is 399 g/mol. The monoisotopic (exact) mass is 398 g/mol. The fourth-order valence-electron chi connectivity index (χ4n) is 2.71. The van der Waals surface area contributed by atoms with Crippen LogP contribution >= 0.6 is 23.2 Å². The molecule has 2 aromatic carbocycles. The minimum atomic E-state index is -0.903.